The normalized spacial score (nSPS) is 10.6. The zero-order valence-electron chi connectivity index (χ0n) is 11.1. The van der Waals surface area contributed by atoms with Crippen molar-refractivity contribution < 1.29 is 19.0 Å². The number of rotatable bonds is 4. The van der Waals surface area contributed by atoms with E-state index in [4.69, 9.17) is 15.6 Å². The molecule has 106 valence electrons. The number of aromatic carboxylic acids is 1. The lowest BCUT2D eigenvalue weighted by Crippen LogP contribution is -2.01. The number of hydrogen-bond donors (Lipinski definition) is 2. The van der Waals surface area contributed by atoms with Gasteiger partial charge in [-0.15, -0.1) is 0 Å². The summed E-state index contributed by atoms with van der Waals surface area (Å²) in [4.78, 5) is 11.2. The first-order chi connectivity index (χ1) is 9.45. The Bertz CT molecular complexity index is 667. The van der Waals surface area contributed by atoms with Gasteiger partial charge in [-0.3, -0.25) is 4.68 Å². The Kier molecular flexibility index (Phi) is 3.60. The van der Waals surface area contributed by atoms with Crippen molar-refractivity contribution in [1.82, 2.24) is 9.78 Å². The highest BCUT2D eigenvalue weighted by Crippen LogP contribution is 2.32. The Morgan fingerprint density at radius 3 is 2.80 bits per heavy atom. The highest BCUT2D eigenvalue weighted by molar-refractivity contribution is 5.97. The Morgan fingerprint density at radius 2 is 2.25 bits per heavy atom. The van der Waals surface area contributed by atoms with Gasteiger partial charge in [0.15, 0.2) is 17.3 Å². The summed E-state index contributed by atoms with van der Waals surface area (Å²) in [6.07, 6.45) is 0. The van der Waals surface area contributed by atoms with E-state index >= 15 is 0 Å². The number of nitrogen functional groups attached to an aromatic ring is 1. The fraction of sp³-hybridized carbons (Fsp3) is 0.231. The first-order valence-corrected chi connectivity index (χ1v) is 5.94. The lowest BCUT2D eigenvalue weighted by molar-refractivity contribution is 0.0690. The van der Waals surface area contributed by atoms with E-state index in [0.29, 0.717) is 12.2 Å². The molecule has 0 fully saturated rings. The van der Waals surface area contributed by atoms with Gasteiger partial charge in [0.1, 0.15) is 5.82 Å². The topological polar surface area (TPSA) is 90.4 Å². The van der Waals surface area contributed by atoms with Crippen molar-refractivity contribution in [2.24, 2.45) is 7.05 Å². The molecule has 0 unspecified atom stereocenters. The van der Waals surface area contributed by atoms with Crippen molar-refractivity contribution in [3.63, 3.8) is 0 Å². The van der Waals surface area contributed by atoms with E-state index < -0.39 is 11.8 Å². The summed E-state index contributed by atoms with van der Waals surface area (Å²) in [5, 5.41) is 12.9. The minimum absolute atomic E-state index is 0.107. The van der Waals surface area contributed by atoms with Crippen LogP contribution in [0.1, 0.15) is 17.4 Å². The van der Waals surface area contributed by atoms with Crippen LogP contribution in [0.3, 0.4) is 0 Å². The summed E-state index contributed by atoms with van der Waals surface area (Å²) >= 11 is 0. The van der Waals surface area contributed by atoms with Gasteiger partial charge in [-0.1, -0.05) is 6.07 Å². The summed E-state index contributed by atoms with van der Waals surface area (Å²) in [5.41, 5.74) is 6.13. The second-order valence-corrected chi connectivity index (χ2v) is 4.12. The minimum Gasteiger partial charge on any atom is -0.491 e. The second kappa shape index (κ2) is 5.20. The molecule has 1 heterocycles. The van der Waals surface area contributed by atoms with Gasteiger partial charge >= 0.3 is 5.97 Å². The first-order valence-electron chi connectivity index (χ1n) is 5.94. The van der Waals surface area contributed by atoms with Crippen molar-refractivity contribution in [3.05, 3.63) is 29.7 Å². The third kappa shape index (κ3) is 2.29. The molecule has 0 saturated carbocycles. The quantitative estimate of drug-likeness (QED) is 0.892. The fourth-order valence-corrected chi connectivity index (χ4v) is 1.90. The van der Waals surface area contributed by atoms with E-state index in [1.807, 2.05) is 0 Å². The van der Waals surface area contributed by atoms with E-state index in [1.54, 1.807) is 13.0 Å². The number of aryl methyl sites for hydroxylation is 1. The average molecular weight is 279 g/mol. The standard InChI is InChI=1S/C13H14FN3O3/c1-3-20-9-5-4-7(6-8(9)14)10-11(13(18)19)16-17(2)12(10)15/h4-6H,3,15H2,1-2H3,(H,18,19). The van der Waals surface area contributed by atoms with Crippen molar-refractivity contribution in [2.45, 2.75) is 6.92 Å². The molecule has 3 N–H and O–H groups in total. The zero-order valence-corrected chi connectivity index (χ0v) is 11.1. The summed E-state index contributed by atoms with van der Waals surface area (Å²) in [6.45, 7) is 2.08. The maximum Gasteiger partial charge on any atom is 0.357 e. The van der Waals surface area contributed by atoms with Gasteiger partial charge in [-0.05, 0) is 24.6 Å². The van der Waals surface area contributed by atoms with Crippen LogP contribution in [0, 0.1) is 5.82 Å². The maximum absolute atomic E-state index is 13.9. The number of carbonyl (C=O) groups is 1. The number of carboxylic acid groups (broad SMARTS) is 1. The smallest absolute Gasteiger partial charge is 0.357 e. The van der Waals surface area contributed by atoms with Crippen LogP contribution in [-0.2, 0) is 7.05 Å². The predicted octanol–water partition coefficient (Wildman–Crippen LogP) is 1.91. The molecule has 0 aliphatic heterocycles. The summed E-state index contributed by atoms with van der Waals surface area (Å²) in [7, 11) is 1.52. The molecule has 0 amide bonds. The van der Waals surface area contributed by atoms with Gasteiger partial charge in [0.2, 0.25) is 0 Å². The second-order valence-electron chi connectivity index (χ2n) is 4.12. The van der Waals surface area contributed by atoms with Gasteiger partial charge in [-0.25, -0.2) is 9.18 Å². The van der Waals surface area contributed by atoms with Crippen LogP contribution in [0.4, 0.5) is 10.2 Å². The number of anilines is 1. The van der Waals surface area contributed by atoms with Gasteiger partial charge < -0.3 is 15.6 Å². The van der Waals surface area contributed by atoms with Crippen LogP contribution in [0.25, 0.3) is 11.1 Å². The largest absolute Gasteiger partial charge is 0.491 e. The Labute approximate surface area is 114 Å². The molecule has 20 heavy (non-hydrogen) atoms. The van der Waals surface area contributed by atoms with Gasteiger partial charge in [0.25, 0.3) is 0 Å². The summed E-state index contributed by atoms with van der Waals surface area (Å²) < 4.78 is 20.2. The van der Waals surface area contributed by atoms with Crippen LogP contribution in [0.2, 0.25) is 0 Å². The summed E-state index contributed by atoms with van der Waals surface area (Å²) in [6, 6.07) is 4.17. The lowest BCUT2D eigenvalue weighted by atomic mass is 10.0. The molecule has 0 bridgehead atoms. The van der Waals surface area contributed by atoms with Gasteiger partial charge in [-0.2, -0.15) is 5.10 Å². The number of benzene rings is 1. The Morgan fingerprint density at radius 1 is 1.55 bits per heavy atom. The number of halogens is 1. The van der Waals surface area contributed by atoms with E-state index in [1.165, 1.54) is 23.9 Å². The van der Waals surface area contributed by atoms with Crippen LogP contribution in [-0.4, -0.2) is 27.5 Å². The third-order valence-electron chi connectivity index (χ3n) is 2.81. The van der Waals surface area contributed by atoms with Crippen molar-refractivity contribution >= 4 is 11.8 Å². The number of aromatic nitrogens is 2. The van der Waals surface area contributed by atoms with Crippen LogP contribution in [0.5, 0.6) is 5.75 Å². The molecule has 2 aromatic rings. The van der Waals surface area contributed by atoms with E-state index in [9.17, 15) is 9.18 Å². The zero-order chi connectivity index (χ0) is 14.9. The Hall–Kier alpha value is -2.57. The average Bonchev–Trinajstić information content (AvgIpc) is 2.69. The number of nitrogens with zero attached hydrogens (tertiary/aromatic N) is 2. The molecule has 0 aliphatic carbocycles. The maximum atomic E-state index is 13.9. The Balaban J connectivity index is 2.57. The monoisotopic (exact) mass is 279 g/mol. The minimum atomic E-state index is -1.22. The number of nitrogens with two attached hydrogens (primary N) is 1. The molecular weight excluding hydrogens is 265 g/mol. The molecule has 0 atom stereocenters. The molecule has 1 aromatic carbocycles. The highest BCUT2D eigenvalue weighted by Gasteiger charge is 2.22. The lowest BCUT2D eigenvalue weighted by Gasteiger charge is -2.07. The van der Waals surface area contributed by atoms with Crippen LogP contribution < -0.4 is 10.5 Å². The number of ether oxygens (including phenoxy) is 1. The number of hydrogen-bond acceptors (Lipinski definition) is 4. The molecule has 1 aromatic heterocycles. The molecule has 0 radical (unpaired) electrons. The third-order valence-corrected chi connectivity index (χ3v) is 2.81. The van der Waals surface area contributed by atoms with E-state index in [-0.39, 0.29) is 22.8 Å². The molecule has 7 heteroatoms. The van der Waals surface area contributed by atoms with Crippen molar-refractivity contribution in [2.75, 3.05) is 12.3 Å². The van der Waals surface area contributed by atoms with Gasteiger partial charge in [0, 0.05) is 7.05 Å². The molecule has 0 spiro atoms. The molecule has 6 nitrogen and oxygen atoms in total. The fourth-order valence-electron chi connectivity index (χ4n) is 1.90. The predicted molar refractivity (Wildman–Crippen MR) is 71.1 cm³/mol. The molecule has 0 aliphatic rings. The van der Waals surface area contributed by atoms with Gasteiger partial charge in [0.05, 0.1) is 12.2 Å². The highest BCUT2D eigenvalue weighted by atomic mass is 19.1. The van der Waals surface area contributed by atoms with E-state index in [2.05, 4.69) is 5.10 Å². The summed E-state index contributed by atoms with van der Waals surface area (Å²) in [5.74, 6) is -1.54. The molecule has 0 saturated heterocycles. The van der Waals surface area contributed by atoms with E-state index in [0.717, 1.165) is 0 Å². The molecule has 2 rings (SSSR count). The van der Waals surface area contributed by atoms with Crippen molar-refractivity contribution in [3.8, 4) is 16.9 Å². The molecular formula is C13H14FN3O3. The first kappa shape index (κ1) is 13.9. The van der Waals surface area contributed by atoms with Crippen LogP contribution >= 0.6 is 0 Å². The van der Waals surface area contributed by atoms with Crippen LogP contribution in [0.15, 0.2) is 18.2 Å². The van der Waals surface area contributed by atoms with Crippen molar-refractivity contribution in [1.29, 1.82) is 0 Å². The SMILES string of the molecule is CCOc1ccc(-c2c(C(=O)O)nn(C)c2N)cc1F. The number of carboxylic acids is 1.